The second-order valence-electron chi connectivity index (χ2n) is 5.57. The van der Waals surface area contributed by atoms with Crippen LogP contribution in [0.25, 0.3) is 5.57 Å². The molecule has 0 radical (unpaired) electrons. The van der Waals surface area contributed by atoms with Crippen LogP contribution in [-0.2, 0) is 9.53 Å². The minimum atomic E-state index is -1.59. The fraction of sp³-hybridized carbons (Fsp3) is 0.500. The molecule has 4 atom stereocenters. The van der Waals surface area contributed by atoms with Gasteiger partial charge in [-0.3, -0.25) is 9.98 Å². The first-order chi connectivity index (χ1) is 12.2. The van der Waals surface area contributed by atoms with Gasteiger partial charge >= 0.3 is 5.97 Å². The Kier molecular flexibility index (Phi) is 6.48. The fourth-order valence-corrected chi connectivity index (χ4v) is 2.58. The van der Waals surface area contributed by atoms with Gasteiger partial charge in [-0.15, -0.1) is 23.2 Å². The van der Waals surface area contributed by atoms with Crippen LogP contribution in [-0.4, -0.2) is 66.7 Å². The minimum absolute atomic E-state index is 0.0981. The number of alkyl halides is 2. The third-order valence-corrected chi connectivity index (χ3v) is 3.66. The van der Waals surface area contributed by atoms with Crippen molar-refractivity contribution in [1.82, 2.24) is 9.55 Å². The van der Waals surface area contributed by atoms with Gasteiger partial charge in [0.2, 0.25) is 0 Å². The Morgan fingerprint density at radius 1 is 1.35 bits per heavy atom. The number of rotatable bonds is 2. The van der Waals surface area contributed by atoms with E-state index < -0.39 is 30.5 Å². The molecule has 4 N–H and O–H groups in total. The zero-order valence-corrected chi connectivity index (χ0v) is 15.3. The molecule has 142 valence electrons. The summed E-state index contributed by atoms with van der Waals surface area (Å²) in [5.74, 6) is -1.47. The highest BCUT2D eigenvalue weighted by atomic mass is 35.5. The van der Waals surface area contributed by atoms with Crippen LogP contribution in [0.2, 0.25) is 0 Å². The number of carboxylic acids is 1. The highest BCUT2D eigenvalue weighted by Crippen LogP contribution is 2.28. The number of carboxylic acid groups (broad SMARTS) is 1. The quantitative estimate of drug-likeness (QED) is 0.471. The van der Waals surface area contributed by atoms with Gasteiger partial charge in [-0.2, -0.15) is 0 Å². The number of nitrogens with one attached hydrogen (secondary N) is 1. The third kappa shape index (κ3) is 3.64. The Morgan fingerprint density at radius 3 is 2.46 bits per heavy atom. The monoisotopic (exact) mass is 405 g/mol. The molecule has 1 aromatic heterocycles. The molecule has 1 fully saturated rings. The van der Waals surface area contributed by atoms with E-state index in [4.69, 9.17) is 38.5 Å². The number of imidazole rings is 1. The molecular formula is C14H17Cl2N5O5. The lowest BCUT2D eigenvalue weighted by molar-refractivity contribution is -0.155. The predicted molar refractivity (Wildman–Crippen MR) is 93.2 cm³/mol. The molecule has 1 saturated heterocycles. The van der Waals surface area contributed by atoms with Crippen molar-refractivity contribution in [2.24, 2.45) is 9.98 Å². The maximum Gasteiger partial charge on any atom is 0.335 e. The molecule has 10 nitrogen and oxygen atoms in total. The summed E-state index contributed by atoms with van der Waals surface area (Å²) in [5, 5.41) is 37.1. The number of ether oxygens (including phenoxy) is 1. The standard InChI is InChI=1S/C13H15N5O5.CH2Cl2/c1-4(2)10-17-5-9(14)15-3-16-11(5)18(10)12-7(20)6(19)8(23-12)13(21)22;2-1-3/h3,6-8,12,14,19-20H,1-2H3,(H,21,22);1H2/t6-,7+,8-,12+;/m0./s1. The van der Waals surface area contributed by atoms with Gasteiger partial charge in [0.1, 0.15) is 24.0 Å². The first-order valence-electron chi connectivity index (χ1n) is 7.35. The number of aromatic nitrogens is 2. The number of fused-ring (bicyclic) bond motifs is 1. The molecule has 0 aromatic carbocycles. The Morgan fingerprint density at radius 2 is 1.96 bits per heavy atom. The van der Waals surface area contributed by atoms with Crippen molar-refractivity contribution in [3.05, 3.63) is 16.7 Å². The zero-order chi connectivity index (χ0) is 19.6. The van der Waals surface area contributed by atoms with Crippen LogP contribution in [0.5, 0.6) is 0 Å². The highest BCUT2D eigenvalue weighted by Gasteiger charge is 2.48. The fourth-order valence-electron chi connectivity index (χ4n) is 2.58. The zero-order valence-electron chi connectivity index (χ0n) is 13.8. The van der Waals surface area contributed by atoms with Gasteiger partial charge in [0.25, 0.3) is 0 Å². The van der Waals surface area contributed by atoms with Crippen LogP contribution in [0.4, 0.5) is 0 Å². The number of aliphatic carboxylic acids is 1. The first-order valence-corrected chi connectivity index (χ1v) is 8.42. The van der Waals surface area contributed by atoms with Crippen molar-refractivity contribution >= 4 is 46.9 Å². The van der Waals surface area contributed by atoms with Crippen molar-refractivity contribution < 1.29 is 24.9 Å². The largest absolute Gasteiger partial charge is 0.479 e. The lowest BCUT2D eigenvalue weighted by atomic mass is 10.1. The summed E-state index contributed by atoms with van der Waals surface area (Å²) in [6.45, 7) is 3.53. The summed E-state index contributed by atoms with van der Waals surface area (Å²) in [6.07, 6.45) is -4.64. The topological polar surface area (TPSA) is 153 Å². The molecule has 0 unspecified atom stereocenters. The summed E-state index contributed by atoms with van der Waals surface area (Å²) in [7, 11) is 0. The van der Waals surface area contributed by atoms with Crippen molar-refractivity contribution in [3.63, 3.8) is 0 Å². The lowest BCUT2D eigenvalue weighted by Gasteiger charge is -2.17. The molecule has 0 saturated carbocycles. The minimum Gasteiger partial charge on any atom is -0.479 e. The molecule has 3 heterocycles. The summed E-state index contributed by atoms with van der Waals surface area (Å²) >= 11 is 9.53. The van der Waals surface area contributed by atoms with E-state index in [0.717, 1.165) is 5.57 Å². The van der Waals surface area contributed by atoms with Gasteiger partial charge in [-0.1, -0.05) is 0 Å². The molecular weight excluding hydrogens is 389 g/mol. The second kappa shape index (κ2) is 8.23. The van der Waals surface area contributed by atoms with Crippen molar-refractivity contribution in [2.75, 3.05) is 5.34 Å². The number of hydrogen-bond donors (Lipinski definition) is 4. The molecule has 2 aliphatic heterocycles. The highest BCUT2D eigenvalue weighted by molar-refractivity contribution is 6.40. The van der Waals surface area contributed by atoms with Gasteiger partial charge < -0.3 is 20.1 Å². The number of halogens is 2. The van der Waals surface area contributed by atoms with Gasteiger partial charge in [-0.25, -0.2) is 19.8 Å². The number of hydrogen-bond acceptors (Lipinski definition) is 7. The van der Waals surface area contributed by atoms with Gasteiger partial charge in [0.05, 0.1) is 5.34 Å². The lowest BCUT2D eigenvalue weighted by Crippen LogP contribution is -2.40. The smallest absolute Gasteiger partial charge is 0.335 e. The maximum absolute atomic E-state index is 11.1. The number of aliphatic hydroxyl groups excluding tert-OH is 2. The van der Waals surface area contributed by atoms with E-state index in [1.807, 2.05) is 0 Å². The van der Waals surface area contributed by atoms with E-state index in [1.165, 1.54) is 10.9 Å². The average molecular weight is 406 g/mol. The van der Waals surface area contributed by atoms with Crippen LogP contribution in [0.1, 0.15) is 25.8 Å². The number of aliphatic imine (C=N–C) groups is 1. The summed E-state index contributed by atoms with van der Waals surface area (Å²) in [5.41, 5.74) is 1.54. The van der Waals surface area contributed by atoms with Crippen LogP contribution in [0.3, 0.4) is 0 Å². The van der Waals surface area contributed by atoms with Gasteiger partial charge in [0.15, 0.2) is 29.3 Å². The number of aliphatic hydroxyl groups is 2. The van der Waals surface area contributed by atoms with Crippen LogP contribution >= 0.6 is 23.2 Å². The normalized spacial score (nSPS) is 26.6. The van der Waals surface area contributed by atoms with Crippen LogP contribution in [0.15, 0.2) is 9.98 Å². The van der Waals surface area contributed by atoms with Crippen molar-refractivity contribution in [2.45, 2.75) is 38.4 Å². The van der Waals surface area contributed by atoms with Gasteiger partial charge in [-0.05, 0) is 19.4 Å². The Bertz CT molecular complexity index is 864. The maximum atomic E-state index is 11.1. The SMILES string of the molecule is CC(C)=c1nc2c(n1[C@@H]1O[C@H](C(=O)O)[C@@H](O)[C@H]1O)=NC=NC2=N.ClCCl. The van der Waals surface area contributed by atoms with E-state index in [0.29, 0.717) is 5.48 Å². The van der Waals surface area contributed by atoms with Crippen molar-refractivity contribution in [3.8, 4) is 0 Å². The molecule has 0 aliphatic carbocycles. The second-order valence-corrected chi connectivity index (χ2v) is 6.38. The molecule has 0 amide bonds. The summed E-state index contributed by atoms with van der Waals surface area (Å²) in [6, 6.07) is 0. The number of amidine groups is 1. The van der Waals surface area contributed by atoms with Crippen LogP contribution in [0, 0.1) is 5.41 Å². The van der Waals surface area contributed by atoms with E-state index in [1.54, 1.807) is 13.8 Å². The van der Waals surface area contributed by atoms with E-state index >= 15 is 0 Å². The molecule has 26 heavy (non-hydrogen) atoms. The average Bonchev–Trinajstić information content (AvgIpc) is 3.08. The van der Waals surface area contributed by atoms with Gasteiger partial charge in [0, 0.05) is 0 Å². The third-order valence-electron chi connectivity index (χ3n) is 3.66. The molecule has 2 aliphatic rings. The number of nitrogens with zero attached hydrogens (tertiary/aromatic N) is 4. The predicted octanol–water partition coefficient (Wildman–Crippen LogP) is -0.814. The Balaban J connectivity index is 0.000000758. The summed E-state index contributed by atoms with van der Waals surface area (Å²) < 4.78 is 6.71. The first kappa shape index (κ1) is 20.5. The Labute approximate surface area is 157 Å². The van der Waals surface area contributed by atoms with Crippen molar-refractivity contribution in [1.29, 1.82) is 5.41 Å². The molecule has 0 spiro atoms. The molecule has 12 heteroatoms. The van der Waals surface area contributed by atoms with E-state index in [-0.39, 0.29) is 22.4 Å². The van der Waals surface area contributed by atoms with E-state index in [9.17, 15) is 15.0 Å². The Hall–Kier alpha value is -1.85. The molecule has 0 bridgehead atoms. The number of carbonyl (C=O) groups is 1. The molecule has 1 aromatic rings. The van der Waals surface area contributed by atoms with Crippen LogP contribution < -0.4 is 11.0 Å². The summed E-state index contributed by atoms with van der Waals surface area (Å²) in [4.78, 5) is 23.2. The molecule has 3 rings (SSSR count). The van der Waals surface area contributed by atoms with E-state index in [2.05, 4.69) is 15.0 Å².